The molecule has 2 rings (SSSR count). The van der Waals surface area contributed by atoms with Crippen LogP contribution in [0.25, 0.3) is 5.57 Å². The molecule has 0 heterocycles. The van der Waals surface area contributed by atoms with Gasteiger partial charge >= 0.3 is 0 Å². The van der Waals surface area contributed by atoms with E-state index in [9.17, 15) is 0 Å². The van der Waals surface area contributed by atoms with Crippen molar-refractivity contribution in [2.75, 3.05) is 0 Å². The Kier molecular flexibility index (Phi) is 3.06. The van der Waals surface area contributed by atoms with Gasteiger partial charge in [-0.15, -0.1) is 0 Å². The maximum Gasteiger partial charge on any atom is 0.00906 e. The van der Waals surface area contributed by atoms with E-state index in [0.717, 1.165) is 0 Å². The van der Waals surface area contributed by atoms with E-state index in [1.807, 2.05) is 0 Å². The predicted molar refractivity (Wildman–Crippen MR) is 76.0 cm³/mol. The first kappa shape index (κ1) is 11.9. The van der Waals surface area contributed by atoms with Crippen LogP contribution in [-0.2, 0) is 5.41 Å². The molecule has 0 aromatic heterocycles. The molecule has 0 aliphatic heterocycles. The monoisotopic (exact) mass is 224 g/mol. The van der Waals surface area contributed by atoms with Gasteiger partial charge in [0.05, 0.1) is 0 Å². The molecule has 0 radical (unpaired) electrons. The van der Waals surface area contributed by atoms with Crippen LogP contribution >= 0.6 is 0 Å². The van der Waals surface area contributed by atoms with Crippen LogP contribution in [0.3, 0.4) is 0 Å². The number of fused-ring (bicyclic) bond motifs is 1. The fourth-order valence-electron chi connectivity index (χ4n) is 2.32. The zero-order valence-electron chi connectivity index (χ0n) is 11.1. The van der Waals surface area contributed by atoms with E-state index in [2.05, 4.69) is 76.3 Å². The Hall–Kier alpha value is -1.56. The number of hydrogen-bond donors (Lipinski definition) is 0. The molecule has 1 aromatic rings. The zero-order chi connectivity index (χ0) is 12.5. The highest BCUT2D eigenvalue weighted by atomic mass is 14.3. The lowest BCUT2D eigenvalue weighted by Gasteiger charge is -2.16. The maximum absolute atomic E-state index is 2.35. The Morgan fingerprint density at radius 2 is 1.82 bits per heavy atom. The lowest BCUT2D eigenvalue weighted by Crippen LogP contribution is -2.10. The average Bonchev–Trinajstić information content (AvgIpc) is 2.51. The smallest absolute Gasteiger partial charge is 0.00906 e. The van der Waals surface area contributed by atoms with Crippen LogP contribution in [0, 0.1) is 0 Å². The lowest BCUT2D eigenvalue weighted by atomic mass is 9.87. The second-order valence-electron chi connectivity index (χ2n) is 5.47. The third kappa shape index (κ3) is 2.41. The molecule has 17 heavy (non-hydrogen) atoms. The summed E-state index contributed by atoms with van der Waals surface area (Å²) in [7, 11) is 0. The Balaban J connectivity index is 2.38. The van der Waals surface area contributed by atoms with Crippen LogP contribution in [0.2, 0.25) is 0 Å². The van der Waals surface area contributed by atoms with Gasteiger partial charge in [-0.1, -0.05) is 68.0 Å². The highest BCUT2D eigenvalue weighted by Crippen LogP contribution is 2.40. The Morgan fingerprint density at radius 1 is 1.12 bits per heavy atom. The first-order valence-corrected chi connectivity index (χ1v) is 6.15. The number of rotatable bonds is 2. The van der Waals surface area contributed by atoms with Gasteiger partial charge in [-0.25, -0.2) is 0 Å². The van der Waals surface area contributed by atoms with E-state index in [1.54, 1.807) is 0 Å². The van der Waals surface area contributed by atoms with E-state index in [1.165, 1.54) is 22.3 Å². The van der Waals surface area contributed by atoms with Gasteiger partial charge in [-0.2, -0.15) is 0 Å². The summed E-state index contributed by atoms with van der Waals surface area (Å²) in [5.74, 6) is 0. The Bertz CT molecular complexity index is 507. The van der Waals surface area contributed by atoms with Gasteiger partial charge in [0.25, 0.3) is 0 Å². The summed E-state index contributed by atoms with van der Waals surface area (Å²) in [5.41, 5.74) is 5.62. The van der Waals surface area contributed by atoms with Crippen LogP contribution in [0.1, 0.15) is 38.8 Å². The second kappa shape index (κ2) is 4.37. The standard InChI is InChI=1S/C17H20/c1-13(2)8-7-9-14-12-17(3,4)16-11-6-5-10-15(14)16/h5-12H,1-4H3/b9-7-. The molecule has 1 aromatic carbocycles. The van der Waals surface area contributed by atoms with Crippen molar-refractivity contribution in [3.63, 3.8) is 0 Å². The molecule has 0 atom stereocenters. The third-order valence-corrected chi connectivity index (χ3v) is 3.15. The van der Waals surface area contributed by atoms with Crippen LogP contribution < -0.4 is 0 Å². The summed E-state index contributed by atoms with van der Waals surface area (Å²) >= 11 is 0. The molecule has 0 unspecified atom stereocenters. The van der Waals surface area contributed by atoms with Crippen LogP contribution in [0.15, 0.2) is 54.1 Å². The van der Waals surface area contributed by atoms with Gasteiger partial charge in [-0.3, -0.25) is 0 Å². The maximum atomic E-state index is 2.35. The fourth-order valence-corrected chi connectivity index (χ4v) is 2.32. The van der Waals surface area contributed by atoms with Gasteiger partial charge in [0.2, 0.25) is 0 Å². The summed E-state index contributed by atoms with van der Waals surface area (Å²) in [6, 6.07) is 8.68. The van der Waals surface area contributed by atoms with E-state index in [4.69, 9.17) is 0 Å². The molecule has 0 heteroatoms. The molecule has 0 saturated carbocycles. The fraction of sp³-hybridized carbons (Fsp3) is 0.294. The molecule has 0 N–H and O–H groups in total. The first-order chi connectivity index (χ1) is 8.00. The summed E-state index contributed by atoms with van der Waals surface area (Å²) in [6.07, 6.45) is 8.85. The second-order valence-corrected chi connectivity index (χ2v) is 5.47. The SMILES string of the molecule is CC(C)=C/C=C\C1=CC(C)(C)c2ccccc21. The molecule has 1 aliphatic rings. The van der Waals surface area contributed by atoms with Gasteiger partial charge in [0, 0.05) is 5.41 Å². The van der Waals surface area contributed by atoms with E-state index >= 15 is 0 Å². The quantitative estimate of drug-likeness (QED) is 0.628. The molecule has 0 bridgehead atoms. The highest BCUT2D eigenvalue weighted by Gasteiger charge is 2.27. The largest absolute Gasteiger partial charge is 0.0764 e. The summed E-state index contributed by atoms with van der Waals surface area (Å²) in [4.78, 5) is 0. The normalized spacial score (nSPS) is 16.8. The van der Waals surface area contributed by atoms with Gasteiger partial charge in [-0.05, 0) is 30.5 Å². The van der Waals surface area contributed by atoms with E-state index < -0.39 is 0 Å². The first-order valence-electron chi connectivity index (χ1n) is 6.15. The molecular weight excluding hydrogens is 204 g/mol. The van der Waals surface area contributed by atoms with E-state index in [-0.39, 0.29) is 5.41 Å². The van der Waals surface area contributed by atoms with Gasteiger partial charge in [0.1, 0.15) is 0 Å². The molecule has 0 saturated heterocycles. The van der Waals surface area contributed by atoms with Crippen molar-refractivity contribution in [1.29, 1.82) is 0 Å². The lowest BCUT2D eigenvalue weighted by molar-refractivity contribution is 0.683. The Labute approximate surface area is 104 Å². The number of benzene rings is 1. The molecular formula is C17H20. The summed E-state index contributed by atoms with van der Waals surface area (Å²) in [6.45, 7) is 8.78. The highest BCUT2D eigenvalue weighted by molar-refractivity contribution is 5.82. The summed E-state index contributed by atoms with van der Waals surface area (Å²) < 4.78 is 0. The van der Waals surface area contributed by atoms with Crippen molar-refractivity contribution in [3.8, 4) is 0 Å². The van der Waals surface area contributed by atoms with Crippen molar-refractivity contribution >= 4 is 5.57 Å². The molecule has 1 aliphatic carbocycles. The third-order valence-electron chi connectivity index (χ3n) is 3.15. The molecule has 0 fully saturated rings. The van der Waals surface area contributed by atoms with E-state index in [0.29, 0.717) is 0 Å². The molecule has 0 spiro atoms. The van der Waals surface area contributed by atoms with Crippen molar-refractivity contribution in [3.05, 3.63) is 65.3 Å². The van der Waals surface area contributed by atoms with Crippen molar-refractivity contribution in [1.82, 2.24) is 0 Å². The predicted octanol–water partition coefficient (Wildman–Crippen LogP) is 4.88. The number of hydrogen-bond acceptors (Lipinski definition) is 0. The molecule has 88 valence electrons. The minimum absolute atomic E-state index is 0.154. The molecule has 0 amide bonds. The summed E-state index contributed by atoms with van der Waals surface area (Å²) in [5, 5.41) is 0. The topological polar surface area (TPSA) is 0 Å². The number of allylic oxidation sites excluding steroid dienone is 6. The van der Waals surface area contributed by atoms with Crippen LogP contribution in [0.4, 0.5) is 0 Å². The zero-order valence-corrected chi connectivity index (χ0v) is 11.1. The van der Waals surface area contributed by atoms with Gasteiger partial charge in [0.15, 0.2) is 0 Å². The van der Waals surface area contributed by atoms with Gasteiger partial charge < -0.3 is 0 Å². The van der Waals surface area contributed by atoms with Crippen LogP contribution in [-0.4, -0.2) is 0 Å². The van der Waals surface area contributed by atoms with Crippen molar-refractivity contribution < 1.29 is 0 Å². The Morgan fingerprint density at radius 3 is 2.53 bits per heavy atom. The minimum atomic E-state index is 0.154. The van der Waals surface area contributed by atoms with Crippen LogP contribution in [0.5, 0.6) is 0 Å². The van der Waals surface area contributed by atoms with Crippen molar-refractivity contribution in [2.24, 2.45) is 0 Å². The average molecular weight is 224 g/mol. The van der Waals surface area contributed by atoms with Crippen molar-refractivity contribution in [2.45, 2.75) is 33.1 Å². The minimum Gasteiger partial charge on any atom is -0.0764 e. The molecule has 0 nitrogen and oxygen atoms in total.